The summed E-state index contributed by atoms with van der Waals surface area (Å²) in [5.41, 5.74) is 0. The molecule has 1 unspecified atom stereocenters. The van der Waals surface area contributed by atoms with Gasteiger partial charge in [-0.15, -0.1) is 6.58 Å². The second-order valence-electron chi connectivity index (χ2n) is 6.52. The third-order valence-electron chi connectivity index (χ3n) is 3.91. The van der Waals surface area contributed by atoms with Crippen molar-refractivity contribution in [3.8, 4) is 0 Å². The number of hydrogen-bond acceptors (Lipinski definition) is 9. The smallest absolute Gasteiger partial charge is 0.303 e. The summed E-state index contributed by atoms with van der Waals surface area (Å²) in [7, 11) is 0. The number of esters is 3. The molecular weight excluding hydrogens is 386 g/mol. The van der Waals surface area contributed by atoms with Gasteiger partial charge in [-0.05, 0) is 12.8 Å². The third kappa shape index (κ3) is 8.61. The summed E-state index contributed by atoms with van der Waals surface area (Å²) in [6.45, 7) is 8.52. The molecule has 1 saturated heterocycles. The van der Waals surface area contributed by atoms with Gasteiger partial charge in [-0.1, -0.05) is 6.08 Å². The maximum Gasteiger partial charge on any atom is 0.303 e. The summed E-state index contributed by atoms with van der Waals surface area (Å²) >= 11 is 0. The van der Waals surface area contributed by atoms with Crippen molar-refractivity contribution in [1.82, 2.24) is 5.32 Å². The van der Waals surface area contributed by atoms with Crippen LogP contribution < -0.4 is 5.32 Å². The van der Waals surface area contributed by atoms with Crippen LogP contribution in [0.1, 0.15) is 40.5 Å². The van der Waals surface area contributed by atoms with Crippen molar-refractivity contribution in [3.63, 3.8) is 0 Å². The molecule has 0 aromatic rings. The lowest BCUT2D eigenvalue weighted by Gasteiger charge is -2.44. The predicted molar refractivity (Wildman–Crippen MR) is 99.4 cm³/mol. The highest BCUT2D eigenvalue weighted by atomic mass is 16.7. The normalized spacial score (nSPS) is 26.1. The van der Waals surface area contributed by atoms with E-state index in [0.29, 0.717) is 12.8 Å². The lowest BCUT2D eigenvalue weighted by molar-refractivity contribution is -0.277. The highest BCUT2D eigenvalue weighted by Gasteiger charge is 2.51. The van der Waals surface area contributed by atoms with E-state index in [2.05, 4.69) is 11.9 Å². The fraction of sp³-hybridized carbons (Fsp3) is 0.684. The lowest BCUT2D eigenvalue weighted by atomic mass is 9.96. The first-order valence-corrected chi connectivity index (χ1v) is 9.28. The average molecular weight is 415 g/mol. The average Bonchev–Trinajstić information content (AvgIpc) is 2.60. The summed E-state index contributed by atoms with van der Waals surface area (Å²) in [5, 5.41) is 2.63. The van der Waals surface area contributed by atoms with Gasteiger partial charge >= 0.3 is 17.9 Å². The Balaban J connectivity index is 3.19. The molecule has 0 aliphatic carbocycles. The number of carbonyl (C=O) groups excluding carboxylic acids is 4. The molecule has 164 valence electrons. The minimum atomic E-state index is -1.12. The van der Waals surface area contributed by atoms with Crippen molar-refractivity contribution in [2.24, 2.45) is 0 Å². The largest absolute Gasteiger partial charge is 0.463 e. The number of amides is 1. The van der Waals surface area contributed by atoms with E-state index in [9.17, 15) is 19.2 Å². The van der Waals surface area contributed by atoms with E-state index < -0.39 is 54.5 Å². The molecule has 1 N–H and O–H groups in total. The molecule has 0 radical (unpaired) electrons. The van der Waals surface area contributed by atoms with Crippen LogP contribution in [0.15, 0.2) is 12.7 Å². The Morgan fingerprint density at radius 2 is 1.62 bits per heavy atom. The number of allylic oxidation sites excluding steroid dienone is 1. The maximum atomic E-state index is 11.7. The van der Waals surface area contributed by atoms with Crippen LogP contribution in [0.3, 0.4) is 0 Å². The molecule has 5 atom stereocenters. The van der Waals surface area contributed by atoms with Crippen molar-refractivity contribution < 1.29 is 42.9 Å². The molecule has 10 heteroatoms. The summed E-state index contributed by atoms with van der Waals surface area (Å²) in [6.07, 6.45) is -1.14. The number of rotatable bonds is 10. The Labute approximate surface area is 169 Å². The standard InChI is InChI=1S/C19H29NO9/c1-6-7-8-9-25-19-16(20-11(2)21)18(28-14(5)24)17(27-13(4)23)15(29-19)10-26-12(3)22/h6,15-19H,1,7-10H2,2-5H3,(H,20,21)/t15-,16-,17-,18-,19?/m1/s1. The van der Waals surface area contributed by atoms with E-state index in [0.717, 1.165) is 0 Å². The van der Waals surface area contributed by atoms with E-state index in [4.69, 9.17) is 23.7 Å². The van der Waals surface area contributed by atoms with Gasteiger partial charge in [-0.3, -0.25) is 19.2 Å². The summed E-state index contributed by atoms with van der Waals surface area (Å²) in [5.74, 6) is -2.29. The minimum absolute atomic E-state index is 0.260. The summed E-state index contributed by atoms with van der Waals surface area (Å²) < 4.78 is 27.3. The number of unbranched alkanes of at least 4 members (excludes halogenated alkanes) is 1. The van der Waals surface area contributed by atoms with Crippen LogP contribution in [0.2, 0.25) is 0 Å². The zero-order valence-corrected chi connectivity index (χ0v) is 17.2. The van der Waals surface area contributed by atoms with Gasteiger partial charge in [-0.25, -0.2) is 0 Å². The molecule has 1 aliphatic rings. The Hall–Kier alpha value is -2.46. The van der Waals surface area contributed by atoms with Gasteiger partial charge in [-0.2, -0.15) is 0 Å². The van der Waals surface area contributed by atoms with Crippen molar-refractivity contribution >= 4 is 23.8 Å². The first kappa shape index (κ1) is 24.6. The van der Waals surface area contributed by atoms with Gasteiger partial charge in [0.05, 0.1) is 6.61 Å². The monoisotopic (exact) mass is 415 g/mol. The van der Waals surface area contributed by atoms with E-state index in [1.54, 1.807) is 6.08 Å². The number of carbonyl (C=O) groups is 4. The van der Waals surface area contributed by atoms with E-state index in [-0.39, 0.29) is 13.2 Å². The first-order chi connectivity index (χ1) is 13.6. The van der Waals surface area contributed by atoms with Crippen LogP contribution in [0.4, 0.5) is 0 Å². The Morgan fingerprint density at radius 3 is 2.14 bits per heavy atom. The zero-order valence-electron chi connectivity index (χ0n) is 17.2. The molecular formula is C19H29NO9. The van der Waals surface area contributed by atoms with Crippen molar-refractivity contribution in [3.05, 3.63) is 12.7 Å². The highest BCUT2D eigenvalue weighted by Crippen LogP contribution is 2.28. The molecule has 0 aromatic carbocycles. The second-order valence-corrected chi connectivity index (χ2v) is 6.52. The molecule has 29 heavy (non-hydrogen) atoms. The fourth-order valence-electron chi connectivity index (χ4n) is 2.86. The highest BCUT2D eigenvalue weighted by molar-refractivity contribution is 5.73. The van der Waals surface area contributed by atoms with Crippen LogP contribution in [-0.4, -0.2) is 67.7 Å². The van der Waals surface area contributed by atoms with Crippen molar-refractivity contribution in [1.29, 1.82) is 0 Å². The van der Waals surface area contributed by atoms with Crippen molar-refractivity contribution in [2.45, 2.75) is 71.2 Å². The summed E-state index contributed by atoms with van der Waals surface area (Å²) in [4.78, 5) is 46.3. The predicted octanol–water partition coefficient (Wildman–Crippen LogP) is 0.625. The van der Waals surface area contributed by atoms with Crippen molar-refractivity contribution in [2.75, 3.05) is 13.2 Å². The number of hydrogen-bond donors (Lipinski definition) is 1. The van der Waals surface area contributed by atoms with E-state index in [1.807, 2.05) is 0 Å². The minimum Gasteiger partial charge on any atom is -0.463 e. The molecule has 1 heterocycles. The van der Waals surface area contributed by atoms with Crippen LogP contribution >= 0.6 is 0 Å². The van der Waals surface area contributed by atoms with Gasteiger partial charge in [0.15, 0.2) is 18.5 Å². The van der Waals surface area contributed by atoms with Crippen LogP contribution in [-0.2, 0) is 42.9 Å². The molecule has 1 amide bonds. The van der Waals surface area contributed by atoms with Gasteiger partial charge in [0.1, 0.15) is 18.8 Å². The van der Waals surface area contributed by atoms with E-state index in [1.165, 1.54) is 27.7 Å². The SMILES string of the molecule is C=CCCCOC1O[C@H](COC(C)=O)[C@@H](OC(C)=O)[C@H](OC(C)=O)[C@H]1NC(C)=O. The lowest BCUT2D eigenvalue weighted by Crippen LogP contribution is -2.66. The molecule has 1 aliphatic heterocycles. The first-order valence-electron chi connectivity index (χ1n) is 9.28. The molecule has 0 saturated carbocycles. The van der Waals surface area contributed by atoms with E-state index >= 15 is 0 Å². The second kappa shape index (κ2) is 12.2. The zero-order chi connectivity index (χ0) is 22.0. The molecule has 1 fully saturated rings. The topological polar surface area (TPSA) is 126 Å². The van der Waals surface area contributed by atoms with Gasteiger partial charge in [0, 0.05) is 27.7 Å². The number of ether oxygens (including phenoxy) is 5. The van der Waals surface area contributed by atoms with Gasteiger partial charge in [0.25, 0.3) is 0 Å². The van der Waals surface area contributed by atoms with Crippen LogP contribution in [0, 0.1) is 0 Å². The van der Waals surface area contributed by atoms with Crippen LogP contribution in [0.5, 0.6) is 0 Å². The third-order valence-corrected chi connectivity index (χ3v) is 3.91. The van der Waals surface area contributed by atoms with Crippen LogP contribution in [0.25, 0.3) is 0 Å². The molecule has 10 nitrogen and oxygen atoms in total. The molecule has 0 bridgehead atoms. The quantitative estimate of drug-likeness (QED) is 0.236. The Morgan fingerprint density at radius 1 is 1.00 bits per heavy atom. The molecule has 1 rings (SSSR count). The molecule has 0 spiro atoms. The number of nitrogens with one attached hydrogen (secondary N) is 1. The Kier molecular flexibility index (Phi) is 10.3. The Bertz CT molecular complexity index is 606. The molecule has 0 aromatic heterocycles. The fourth-order valence-corrected chi connectivity index (χ4v) is 2.86. The summed E-state index contributed by atoms with van der Waals surface area (Å²) in [6, 6.07) is -0.946. The maximum absolute atomic E-state index is 11.7. The van der Waals surface area contributed by atoms with Gasteiger partial charge in [0.2, 0.25) is 5.91 Å². The van der Waals surface area contributed by atoms with Gasteiger partial charge < -0.3 is 29.0 Å².